The zero-order valence-corrected chi connectivity index (χ0v) is 6.84. The number of ether oxygens (including phenoxy) is 1. The number of morpholine rings is 1. The topological polar surface area (TPSA) is 62.3 Å². The zero-order valence-electron chi connectivity index (χ0n) is 6.84. The van der Waals surface area contributed by atoms with Crippen LogP contribution in [0.3, 0.4) is 0 Å². The number of nitrogens with one attached hydrogen (secondary N) is 1. The Labute approximate surface area is 66.8 Å². The summed E-state index contributed by atoms with van der Waals surface area (Å²) in [4.78, 5) is 2.14. The molecule has 1 unspecified atom stereocenters. The van der Waals surface area contributed by atoms with Gasteiger partial charge in [-0.25, -0.2) is 0 Å². The minimum Gasteiger partial charge on any atom is -0.387 e. The summed E-state index contributed by atoms with van der Waals surface area (Å²) in [5.41, 5.74) is 5.27. The molecule has 0 bridgehead atoms. The number of hydrogen-bond acceptors (Lipinski definition) is 3. The highest BCUT2D eigenvalue weighted by atomic mass is 16.5. The van der Waals surface area contributed by atoms with Crippen molar-refractivity contribution in [2.24, 2.45) is 5.73 Å². The fourth-order valence-corrected chi connectivity index (χ4v) is 1.28. The maximum Gasteiger partial charge on any atom is 0.105 e. The lowest BCUT2D eigenvalue weighted by Crippen LogP contribution is -2.44. The van der Waals surface area contributed by atoms with Gasteiger partial charge in [0, 0.05) is 13.1 Å². The van der Waals surface area contributed by atoms with Gasteiger partial charge >= 0.3 is 0 Å². The van der Waals surface area contributed by atoms with Crippen LogP contribution in [0.25, 0.3) is 0 Å². The third-order valence-electron chi connectivity index (χ3n) is 1.72. The second-order valence-corrected chi connectivity index (χ2v) is 2.94. The van der Waals surface area contributed by atoms with Crippen LogP contribution in [0.5, 0.6) is 0 Å². The first-order valence-electron chi connectivity index (χ1n) is 3.85. The molecular formula is C7H15N3O. The summed E-state index contributed by atoms with van der Waals surface area (Å²) in [6.07, 6.45) is 0.281. The standard InChI is InChI=1S/C7H15N3O/c1-6-4-10(2-3-11-6)5-7(8)9/h6H,2-5H2,1H3,(H3,8,9). The predicted octanol–water partition coefficient (Wildman–Crippen LogP) is -0.357. The Hall–Kier alpha value is -0.610. The molecule has 1 rings (SSSR count). The maximum absolute atomic E-state index is 7.09. The van der Waals surface area contributed by atoms with E-state index in [1.807, 2.05) is 6.92 Å². The van der Waals surface area contributed by atoms with Gasteiger partial charge in [0.25, 0.3) is 0 Å². The van der Waals surface area contributed by atoms with Gasteiger partial charge in [-0.3, -0.25) is 10.3 Å². The van der Waals surface area contributed by atoms with Crippen LogP contribution in [0.2, 0.25) is 0 Å². The van der Waals surface area contributed by atoms with E-state index in [0.717, 1.165) is 19.7 Å². The van der Waals surface area contributed by atoms with Crippen molar-refractivity contribution >= 4 is 5.84 Å². The molecule has 0 spiro atoms. The van der Waals surface area contributed by atoms with Crippen molar-refractivity contribution in [2.45, 2.75) is 13.0 Å². The normalized spacial score (nSPS) is 26.8. The minimum atomic E-state index is 0.235. The highest BCUT2D eigenvalue weighted by Gasteiger charge is 2.16. The lowest BCUT2D eigenvalue weighted by atomic mass is 10.3. The average Bonchev–Trinajstić information content (AvgIpc) is 1.85. The molecule has 0 aromatic carbocycles. The second kappa shape index (κ2) is 3.69. The Morgan fingerprint density at radius 1 is 1.82 bits per heavy atom. The van der Waals surface area contributed by atoms with Crippen LogP contribution in [0.15, 0.2) is 0 Å². The molecule has 0 radical (unpaired) electrons. The summed E-state index contributed by atoms with van der Waals surface area (Å²) >= 11 is 0. The quantitative estimate of drug-likeness (QED) is 0.425. The van der Waals surface area contributed by atoms with Gasteiger partial charge in [-0.2, -0.15) is 0 Å². The summed E-state index contributed by atoms with van der Waals surface area (Å²) in [6, 6.07) is 0. The van der Waals surface area contributed by atoms with Crippen LogP contribution in [0.1, 0.15) is 6.92 Å². The molecule has 0 aliphatic carbocycles. The molecule has 1 saturated heterocycles. The summed E-state index contributed by atoms with van der Waals surface area (Å²) in [7, 11) is 0. The Balaban J connectivity index is 2.28. The second-order valence-electron chi connectivity index (χ2n) is 2.94. The smallest absolute Gasteiger partial charge is 0.105 e. The first-order valence-corrected chi connectivity index (χ1v) is 3.85. The van der Waals surface area contributed by atoms with E-state index < -0.39 is 0 Å². The van der Waals surface area contributed by atoms with Crippen molar-refractivity contribution in [2.75, 3.05) is 26.2 Å². The molecule has 64 valence electrons. The first kappa shape index (κ1) is 8.49. The predicted molar refractivity (Wildman–Crippen MR) is 43.8 cm³/mol. The van der Waals surface area contributed by atoms with E-state index in [2.05, 4.69) is 4.90 Å². The highest BCUT2D eigenvalue weighted by molar-refractivity contribution is 5.78. The third-order valence-corrected chi connectivity index (χ3v) is 1.72. The Kier molecular flexibility index (Phi) is 2.84. The van der Waals surface area contributed by atoms with Crippen LogP contribution in [0, 0.1) is 5.41 Å². The molecular weight excluding hydrogens is 142 g/mol. The number of amidine groups is 1. The summed E-state index contributed by atoms with van der Waals surface area (Å²) in [6.45, 7) is 5.15. The lowest BCUT2D eigenvalue weighted by Gasteiger charge is -2.30. The van der Waals surface area contributed by atoms with Crippen molar-refractivity contribution in [3.05, 3.63) is 0 Å². The number of nitrogens with two attached hydrogens (primary N) is 1. The van der Waals surface area contributed by atoms with Crippen molar-refractivity contribution in [1.82, 2.24) is 4.90 Å². The SMILES string of the molecule is CC1CN(CC(=N)N)CCO1. The van der Waals surface area contributed by atoms with Crippen molar-refractivity contribution in [3.8, 4) is 0 Å². The lowest BCUT2D eigenvalue weighted by molar-refractivity contribution is -0.0127. The molecule has 11 heavy (non-hydrogen) atoms. The van der Waals surface area contributed by atoms with E-state index in [1.54, 1.807) is 0 Å². The van der Waals surface area contributed by atoms with Gasteiger partial charge in [-0.05, 0) is 6.92 Å². The molecule has 1 atom stereocenters. The van der Waals surface area contributed by atoms with Gasteiger partial charge in [0.15, 0.2) is 0 Å². The average molecular weight is 157 g/mol. The Morgan fingerprint density at radius 3 is 3.09 bits per heavy atom. The van der Waals surface area contributed by atoms with Gasteiger partial charge in [0.2, 0.25) is 0 Å². The highest BCUT2D eigenvalue weighted by Crippen LogP contribution is 2.02. The first-order chi connectivity index (χ1) is 5.18. The maximum atomic E-state index is 7.09. The molecule has 3 N–H and O–H groups in total. The molecule has 1 fully saturated rings. The van der Waals surface area contributed by atoms with E-state index in [4.69, 9.17) is 15.9 Å². The van der Waals surface area contributed by atoms with E-state index in [9.17, 15) is 0 Å². The summed E-state index contributed by atoms with van der Waals surface area (Å²) in [5, 5.41) is 7.09. The molecule has 1 heterocycles. The van der Waals surface area contributed by atoms with Gasteiger partial charge < -0.3 is 10.5 Å². The van der Waals surface area contributed by atoms with E-state index >= 15 is 0 Å². The van der Waals surface area contributed by atoms with Crippen LogP contribution in [-0.4, -0.2) is 43.1 Å². The molecule has 0 aromatic rings. The van der Waals surface area contributed by atoms with Crippen molar-refractivity contribution < 1.29 is 4.74 Å². The van der Waals surface area contributed by atoms with Crippen molar-refractivity contribution in [1.29, 1.82) is 5.41 Å². The Bertz CT molecular complexity index is 149. The van der Waals surface area contributed by atoms with E-state index in [1.165, 1.54) is 0 Å². The molecule has 0 aromatic heterocycles. The Morgan fingerprint density at radius 2 is 2.55 bits per heavy atom. The fourth-order valence-electron chi connectivity index (χ4n) is 1.28. The molecule has 4 nitrogen and oxygen atoms in total. The number of hydrogen-bond donors (Lipinski definition) is 2. The van der Waals surface area contributed by atoms with Gasteiger partial charge in [0.05, 0.1) is 19.3 Å². The number of nitrogens with zero attached hydrogens (tertiary/aromatic N) is 1. The minimum absolute atomic E-state index is 0.235. The van der Waals surface area contributed by atoms with Crippen LogP contribution < -0.4 is 5.73 Å². The fraction of sp³-hybridized carbons (Fsp3) is 0.857. The van der Waals surface area contributed by atoms with Gasteiger partial charge in [0.1, 0.15) is 5.84 Å². The molecule has 1 aliphatic heterocycles. The third kappa shape index (κ3) is 2.86. The summed E-state index contributed by atoms with van der Waals surface area (Å²) in [5.74, 6) is 0.235. The molecule has 0 saturated carbocycles. The monoisotopic (exact) mass is 157 g/mol. The molecule has 1 aliphatic rings. The number of rotatable bonds is 2. The van der Waals surface area contributed by atoms with Gasteiger partial charge in [-0.1, -0.05) is 0 Å². The molecule has 0 amide bonds. The van der Waals surface area contributed by atoms with Crippen LogP contribution >= 0.6 is 0 Å². The van der Waals surface area contributed by atoms with E-state index in [-0.39, 0.29) is 11.9 Å². The van der Waals surface area contributed by atoms with Crippen LogP contribution in [0.4, 0.5) is 0 Å². The van der Waals surface area contributed by atoms with Crippen molar-refractivity contribution in [3.63, 3.8) is 0 Å². The largest absolute Gasteiger partial charge is 0.387 e. The zero-order chi connectivity index (χ0) is 8.27. The molecule has 4 heteroatoms. The van der Waals surface area contributed by atoms with Gasteiger partial charge in [-0.15, -0.1) is 0 Å². The van der Waals surface area contributed by atoms with Crippen LogP contribution in [-0.2, 0) is 4.74 Å². The van der Waals surface area contributed by atoms with E-state index in [0.29, 0.717) is 6.54 Å². The summed E-state index contributed by atoms with van der Waals surface area (Å²) < 4.78 is 5.34.